The molecule has 0 saturated heterocycles. The first-order valence-corrected chi connectivity index (χ1v) is 8.49. The number of para-hydroxylation sites is 1. The lowest BCUT2D eigenvalue weighted by Crippen LogP contribution is -2.25. The molecule has 0 unspecified atom stereocenters. The number of hydrogen-bond donors (Lipinski definition) is 2. The van der Waals surface area contributed by atoms with Crippen LogP contribution in [0.5, 0.6) is 0 Å². The van der Waals surface area contributed by atoms with E-state index in [0.29, 0.717) is 36.0 Å². The summed E-state index contributed by atoms with van der Waals surface area (Å²) >= 11 is 6.06. The first-order chi connectivity index (χ1) is 12.1. The Balaban J connectivity index is 1.81. The summed E-state index contributed by atoms with van der Waals surface area (Å²) in [6.45, 7) is 2.87. The minimum absolute atomic E-state index is 0.0963. The Bertz CT molecular complexity index is 734. The highest BCUT2D eigenvalue weighted by Gasteiger charge is 2.11. The highest BCUT2D eigenvalue weighted by Crippen LogP contribution is 2.16. The molecule has 2 N–H and O–H groups in total. The fourth-order valence-corrected chi connectivity index (χ4v) is 2.46. The third-order valence-electron chi connectivity index (χ3n) is 3.52. The van der Waals surface area contributed by atoms with Crippen molar-refractivity contribution < 1.29 is 14.3 Å². The maximum atomic E-state index is 12.0. The molecule has 0 atom stereocenters. The SMILES string of the molecule is CCOC(=O)c1ccccc1NCCC(=O)NCc1ccccc1Cl. The number of benzene rings is 2. The van der Waals surface area contributed by atoms with E-state index in [2.05, 4.69) is 10.6 Å². The molecule has 0 fully saturated rings. The lowest BCUT2D eigenvalue weighted by molar-refractivity contribution is -0.121. The number of carbonyl (C=O) groups excluding carboxylic acids is 2. The molecular weight excluding hydrogens is 340 g/mol. The van der Waals surface area contributed by atoms with Gasteiger partial charge in [-0.3, -0.25) is 4.79 Å². The zero-order chi connectivity index (χ0) is 18.1. The fraction of sp³-hybridized carbons (Fsp3) is 0.263. The zero-order valence-electron chi connectivity index (χ0n) is 14.0. The van der Waals surface area contributed by atoms with Crippen LogP contribution in [0.3, 0.4) is 0 Å². The van der Waals surface area contributed by atoms with Gasteiger partial charge in [0.15, 0.2) is 0 Å². The lowest BCUT2D eigenvalue weighted by atomic mass is 10.1. The molecule has 0 aromatic heterocycles. The van der Waals surface area contributed by atoms with Crippen molar-refractivity contribution in [1.29, 1.82) is 0 Å². The minimum Gasteiger partial charge on any atom is -0.462 e. The first kappa shape index (κ1) is 18.8. The van der Waals surface area contributed by atoms with Crippen LogP contribution in [0.1, 0.15) is 29.3 Å². The second-order valence-corrected chi connectivity index (χ2v) is 5.72. The monoisotopic (exact) mass is 360 g/mol. The van der Waals surface area contributed by atoms with Crippen LogP contribution in [0.15, 0.2) is 48.5 Å². The van der Waals surface area contributed by atoms with E-state index in [1.54, 1.807) is 31.2 Å². The average molecular weight is 361 g/mol. The molecule has 5 nitrogen and oxygen atoms in total. The van der Waals surface area contributed by atoms with Crippen LogP contribution in [0.25, 0.3) is 0 Å². The molecule has 2 rings (SSSR count). The van der Waals surface area contributed by atoms with Crippen LogP contribution in [-0.2, 0) is 16.1 Å². The Labute approximate surface area is 152 Å². The quantitative estimate of drug-likeness (QED) is 0.705. The summed E-state index contributed by atoms with van der Waals surface area (Å²) in [5, 5.41) is 6.56. The fourth-order valence-electron chi connectivity index (χ4n) is 2.26. The molecule has 2 aromatic carbocycles. The standard InChI is InChI=1S/C19H21ClN2O3/c1-2-25-19(24)15-8-4-6-10-17(15)21-12-11-18(23)22-13-14-7-3-5-9-16(14)20/h3-10,21H,2,11-13H2,1H3,(H,22,23). The smallest absolute Gasteiger partial charge is 0.340 e. The van der Waals surface area contributed by atoms with Crippen molar-refractivity contribution in [3.8, 4) is 0 Å². The molecule has 0 saturated carbocycles. The van der Waals surface area contributed by atoms with E-state index in [1.807, 2.05) is 24.3 Å². The third kappa shape index (κ3) is 5.80. The second-order valence-electron chi connectivity index (χ2n) is 5.31. The normalized spacial score (nSPS) is 10.2. The van der Waals surface area contributed by atoms with Gasteiger partial charge in [-0.25, -0.2) is 4.79 Å². The molecule has 0 heterocycles. The molecule has 0 radical (unpaired) electrons. The van der Waals surface area contributed by atoms with Crippen molar-refractivity contribution in [3.05, 3.63) is 64.7 Å². The van der Waals surface area contributed by atoms with Crippen LogP contribution in [0, 0.1) is 0 Å². The van der Waals surface area contributed by atoms with E-state index in [1.165, 1.54) is 0 Å². The Hall–Kier alpha value is -2.53. The largest absolute Gasteiger partial charge is 0.462 e. The summed E-state index contributed by atoms with van der Waals surface area (Å²) < 4.78 is 5.02. The Morgan fingerprint density at radius 2 is 1.80 bits per heavy atom. The highest BCUT2D eigenvalue weighted by atomic mass is 35.5. The molecule has 2 aromatic rings. The molecule has 0 bridgehead atoms. The number of halogens is 1. The number of carbonyl (C=O) groups is 2. The minimum atomic E-state index is -0.381. The number of anilines is 1. The topological polar surface area (TPSA) is 67.4 Å². The van der Waals surface area contributed by atoms with Gasteiger partial charge in [-0.15, -0.1) is 0 Å². The summed E-state index contributed by atoms with van der Waals surface area (Å²) in [6, 6.07) is 14.5. The van der Waals surface area contributed by atoms with E-state index >= 15 is 0 Å². The molecule has 25 heavy (non-hydrogen) atoms. The van der Waals surface area contributed by atoms with Gasteiger partial charge in [-0.05, 0) is 30.7 Å². The molecule has 0 aliphatic carbocycles. The highest BCUT2D eigenvalue weighted by molar-refractivity contribution is 6.31. The summed E-state index contributed by atoms with van der Waals surface area (Å²) in [5.41, 5.74) is 1.99. The van der Waals surface area contributed by atoms with E-state index in [0.717, 1.165) is 5.56 Å². The van der Waals surface area contributed by atoms with Crippen molar-refractivity contribution in [2.45, 2.75) is 19.9 Å². The van der Waals surface area contributed by atoms with E-state index in [9.17, 15) is 9.59 Å². The Kier molecular flexibility index (Phi) is 7.29. The Morgan fingerprint density at radius 3 is 2.56 bits per heavy atom. The van der Waals surface area contributed by atoms with Gasteiger partial charge >= 0.3 is 5.97 Å². The van der Waals surface area contributed by atoms with Gasteiger partial charge in [0.1, 0.15) is 0 Å². The number of esters is 1. The van der Waals surface area contributed by atoms with Gasteiger partial charge in [0, 0.05) is 30.2 Å². The zero-order valence-corrected chi connectivity index (χ0v) is 14.8. The number of rotatable bonds is 8. The van der Waals surface area contributed by atoms with Crippen molar-refractivity contribution in [1.82, 2.24) is 5.32 Å². The number of hydrogen-bond acceptors (Lipinski definition) is 4. The van der Waals surface area contributed by atoms with Crippen LogP contribution in [0.4, 0.5) is 5.69 Å². The van der Waals surface area contributed by atoms with Crippen molar-refractivity contribution in [2.24, 2.45) is 0 Å². The first-order valence-electron chi connectivity index (χ1n) is 8.12. The van der Waals surface area contributed by atoms with Gasteiger partial charge in [0.05, 0.1) is 12.2 Å². The molecule has 0 spiro atoms. The van der Waals surface area contributed by atoms with Crippen LogP contribution in [-0.4, -0.2) is 25.0 Å². The van der Waals surface area contributed by atoms with Crippen LogP contribution < -0.4 is 10.6 Å². The van der Waals surface area contributed by atoms with E-state index in [4.69, 9.17) is 16.3 Å². The van der Waals surface area contributed by atoms with E-state index in [-0.39, 0.29) is 18.3 Å². The second kappa shape index (κ2) is 9.69. The van der Waals surface area contributed by atoms with Crippen molar-refractivity contribution >= 4 is 29.2 Å². The number of nitrogens with one attached hydrogen (secondary N) is 2. The van der Waals surface area contributed by atoms with Gasteiger partial charge in [-0.2, -0.15) is 0 Å². The maximum Gasteiger partial charge on any atom is 0.340 e. The predicted octanol–water partition coefficient (Wildman–Crippen LogP) is 3.64. The average Bonchev–Trinajstić information content (AvgIpc) is 2.61. The molecule has 0 aliphatic heterocycles. The van der Waals surface area contributed by atoms with Gasteiger partial charge < -0.3 is 15.4 Å². The number of ether oxygens (including phenoxy) is 1. The molecule has 132 valence electrons. The third-order valence-corrected chi connectivity index (χ3v) is 3.89. The molecule has 1 amide bonds. The summed E-state index contributed by atoms with van der Waals surface area (Å²) in [5.74, 6) is -0.477. The van der Waals surface area contributed by atoms with Crippen molar-refractivity contribution in [3.63, 3.8) is 0 Å². The molecule has 6 heteroatoms. The van der Waals surface area contributed by atoms with Gasteiger partial charge in [-0.1, -0.05) is 41.9 Å². The summed E-state index contributed by atoms with van der Waals surface area (Å²) in [6.07, 6.45) is 0.279. The van der Waals surface area contributed by atoms with Crippen molar-refractivity contribution in [2.75, 3.05) is 18.5 Å². The Morgan fingerprint density at radius 1 is 1.08 bits per heavy atom. The molecular formula is C19H21ClN2O3. The summed E-state index contributed by atoms with van der Waals surface area (Å²) in [7, 11) is 0. The lowest BCUT2D eigenvalue weighted by Gasteiger charge is -2.11. The van der Waals surface area contributed by atoms with E-state index < -0.39 is 0 Å². The number of amides is 1. The van der Waals surface area contributed by atoms with Gasteiger partial charge in [0.2, 0.25) is 5.91 Å². The van der Waals surface area contributed by atoms with Crippen LogP contribution >= 0.6 is 11.6 Å². The predicted molar refractivity (Wildman–Crippen MR) is 98.8 cm³/mol. The van der Waals surface area contributed by atoms with Gasteiger partial charge in [0.25, 0.3) is 0 Å². The summed E-state index contributed by atoms with van der Waals surface area (Å²) in [4.78, 5) is 23.9. The molecule has 0 aliphatic rings. The maximum absolute atomic E-state index is 12.0. The van der Waals surface area contributed by atoms with Crippen LogP contribution in [0.2, 0.25) is 5.02 Å².